The van der Waals surface area contributed by atoms with Gasteiger partial charge in [0.15, 0.2) is 0 Å². The zero-order chi connectivity index (χ0) is 13.0. The molecule has 0 heterocycles. The van der Waals surface area contributed by atoms with Crippen LogP contribution in [0.2, 0.25) is 0 Å². The van der Waals surface area contributed by atoms with E-state index in [1.807, 2.05) is 6.21 Å². The van der Waals surface area contributed by atoms with Gasteiger partial charge in [0, 0.05) is 6.21 Å². The van der Waals surface area contributed by atoms with Gasteiger partial charge in [-0.15, -0.1) is 0 Å². The first kappa shape index (κ1) is 14.0. The average molecular weight is 231 g/mol. The van der Waals surface area contributed by atoms with E-state index in [0.29, 0.717) is 17.9 Å². The van der Waals surface area contributed by atoms with Crippen LogP contribution in [0.5, 0.6) is 0 Å². The highest BCUT2D eigenvalue weighted by molar-refractivity contribution is 5.81. The van der Waals surface area contributed by atoms with Crippen LogP contribution >= 0.6 is 0 Å². The summed E-state index contributed by atoms with van der Waals surface area (Å²) in [5, 5.41) is 0. The van der Waals surface area contributed by atoms with Crippen molar-refractivity contribution in [3.63, 3.8) is 0 Å². The van der Waals surface area contributed by atoms with Gasteiger partial charge in [-0.3, -0.25) is 4.99 Å². The third-order valence-electron chi connectivity index (χ3n) is 3.18. The number of benzene rings is 1. The van der Waals surface area contributed by atoms with E-state index >= 15 is 0 Å². The normalized spacial score (nSPS) is 12.3. The lowest BCUT2D eigenvalue weighted by Crippen LogP contribution is -2.20. The Morgan fingerprint density at radius 2 is 1.59 bits per heavy atom. The van der Waals surface area contributed by atoms with Crippen molar-refractivity contribution in [3.8, 4) is 0 Å². The van der Waals surface area contributed by atoms with Gasteiger partial charge >= 0.3 is 0 Å². The van der Waals surface area contributed by atoms with Gasteiger partial charge in [-0.1, -0.05) is 51.5 Å². The van der Waals surface area contributed by atoms with Crippen LogP contribution in [0.25, 0.3) is 0 Å². The molecule has 0 unspecified atom stereocenters. The molecule has 0 aliphatic carbocycles. The van der Waals surface area contributed by atoms with Crippen molar-refractivity contribution in [2.45, 2.75) is 47.6 Å². The van der Waals surface area contributed by atoms with Gasteiger partial charge in [0.1, 0.15) is 0 Å². The van der Waals surface area contributed by atoms with E-state index in [2.05, 4.69) is 59.7 Å². The summed E-state index contributed by atoms with van der Waals surface area (Å²) in [6.07, 6.45) is 2.04. The molecule has 1 rings (SSSR count). The Hall–Kier alpha value is -1.11. The Morgan fingerprint density at radius 3 is 2.06 bits per heavy atom. The standard InChI is InChI=1S/C16H25N/c1-11(2)16(12(3)4)17-10-15-8-7-13(5)9-14(15)6/h7-12,16H,1-6H3. The fraction of sp³-hybridized carbons (Fsp3) is 0.562. The first-order valence-electron chi connectivity index (χ1n) is 6.52. The molecule has 0 spiro atoms. The summed E-state index contributed by atoms with van der Waals surface area (Å²) in [7, 11) is 0. The number of nitrogens with zero attached hydrogens (tertiary/aromatic N) is 1. The maximum Gasteiger partial charge on any atom is 0.0545 e. The summed E-state index contributed by atoms with van der Waals surface area (Å²) in [5.74, 6) is 1.19. The summed E-state index contributed by atoms with van der Waals surface area (Å²) in [4.78, 5) is 4.76. The lowest BCUT2D eigenvalue weighted by Gasteiger charge is -2.20. The molecule has 0 fully saturated rings. The molecule has 0 saturated carbocycles. The van der Waals surface area contributed by atoms with E-state index in [1.165, 1.54) is 16.7 Å². The van der Waals surface area contributed by atoms with Crippen molar-refractivity contribution in [2.75, 3.05) is 0 Å². The van der Waals surface area contributed by atoms with Gasteiger partial charge in [0.2, 0.25) is 0 Å². The maximum absolute atomic E-state index is 4.76. The van der Waals surface area contributed by atoms with Gasteiger partial charge in [-0.05, 0) is 36.8 Å². The smallest absolute Gasteiger partial charge is 0.0545 e. The van der Waals surface area contributed by atoms with E-state index in [0.717, 1.165) is 0 Å². The van der Waals surface area contributed by atoms with E-state index in [-0.39, 0.29) is 0 Å². The third-order valence-corrected chi connectivity index (χ3v) is 3.18. The van der Waals surface area contributed by atoms with Gasteiger partial charge < -0.3 is 0 Å². The van der Waals surface area contributed by atoms with Crippen molar-refractivity contribution in [3.05, 3.63) is 34.9 Å². The largest absolute Gasteiger partial charge is 0.289 e. The van der Waals surface area contributed by atoms with E-state index in [9.17, 15) is 0 Å². The molecule has 0 aliphatic heterocycles. The monoisotopic (exact) mass is 231 g/mol. The minimum Gasteiger partial charge on any atom is -0.289 e. The first-order valence-corrected chi connectivity index (χ1v) is 6.52. The Kier molecular flexibility index (Phi) is 4.92. The van der Waals surface area contributed by atoms with Crippen molar-refractivity contribution in [2.24, 2.45) is 16.8 Å². The van der Waals surface area contributed by atoms with Crippen molar-refractivity contribution in [1.29, 1.82) is 0 Å². The van der Waals surface area contributed by atoms with Crippen LogP contribution in [0, 0.1) is 25.7 Å². The molecule has 0 amide bonds. The van der Waals surface area contributed by atoms with Crippen LogP contribution in [0.3, 0.4) is 0 Å². The van der Waals surface area contributed by atoms with Crippen LogP contribution in [0.1, 0.15) is 44.4 Å². The molecular weight excluding hydrogens is 206 g/mol. The zero-order valence-electron chi connectivity index (χ0n) is 12.0. The zero-order valence-corrected chi connectivity index (χ0v) is 12.0. The summed E-state index contributed by atoms with van der Waals surface area (Å²) >= 11 is 0. The molecule has 17 heavy (non-hydrogen) atoms. The van der Waals surface area contributed by atoms with Gasteiger partial charge in [-0.2, -0.15) is 0 Å². The number of aryl methyl sites for hydroxylation is 2. The second kappa shape index (κ2) is 6.00. The topological polar surface area (TPSA) is 12.4 Å². The Labute approximate surface area is 106 Å². The minimum atomic E-state index is 0.413. The lowest BCUT2D eigenvalue weighted by atomic mass is 9.94. The number of hydrogen-bond acceptors (Lipinski definition) is 1. The van der Waals surface area contributed by atoms with Crippen LogP contribution in [-0.4, -0.2) is 12.3 Å². The first-order chi connectivity index (χ1) is 7.91. The highest BCUT2D eigenvalue weighted by atomic mass is 14.8. The molecule has 1 nitrogen and oxygen atoms in total. The van der Waals surface area contributed by atoms with Crippen LogP contribution in [0.15, 0.2) is 23.2 Å². The minimum absolute atomic E-state index is 0.413. The highest BCUT2D eigenvalue weighted by Crippen LogP contribution is 2.16. The molecule has 0 radical (unpaired) electrons. The van der Waals surface area contributed by atoms with Crippen molar-refractivity contribution >= 4 is 6.21 Å². The van der Waals surface area contributed by atoms with Crippen LogP contribution in [-0.2, 0) is 0 Å². The van der Waals surface area contributed by atoms with E-state index in [1.54, 1.807) is 0 Å². The molecule has 1 heteroatoms. The Morgan fingerprint density at radius 1 is 1.00 bits per heavy atom. The lowest BCUT2D eigenvalue weighted by molar-refractivity contribution is 0.390. The summed E-state index contributed by atoms with van der Waals surface area (Å²) in [6.45, 7) is 13.2. The van der Waals surface area contributed by atoms with Crippen LogP contribution in [0.4, 0.5) is 0 Å². The second-order valence-electron chi connectivity index (χ2n) is 5.62. The Bertz CT molecular complexity index is 381. The number of hydrogen-bond donors (Lipinski definition) is 0. The predicted octanol–water partition coefficient (Wildman–Crippen LogP) is 4.40. The molecule has 0 aliphatic rings. The van der Waals surface area contributed by atoms with Crippen molar-refractivity contribution < 1.29 is 0 Å². The molecule has 0 saturated heterocycles. The molecule has 0 atom stereocenters. The molecule has 94 valence electrons. The quantitative estimate of drug-likeness (QED) is 0.681. The second-order valence-corrected chi connectivity index (χ2v) is 5.62. The average Bonchev–Trinajstić information content (AvgIpc) is 2.20. The summed E-state index contributed by atoms with van der Waals surface area (Å²) in [5.41, 5.74) is 3.85. The van der Waals surface area contributed by atoms with Crippen LogP contribution < -0.4 is 0 Å². The van der Waals surface area contributed by atoms with Crippen molar-refractivity contribution in [1.82, 2.24) is 0 Å². The van der Waals surface area contributed by atoms with Gasteiger partial charge in [-0.25, -0.2) is 0 Å². The SMILES string of the molecule is Cc1ccc(C=NC(C(C)C)C(C)C)c(C)c1. The molecule has 1 aromatic carbocycles. The van der Waals surface area contributed by atoms with E-state index in [4.69, 9.17) is 4.99 Å². The molecular formula is C16H25N. The molecule has 0 N–H and O–H groups in total. The number of aliphatic imine (C=N–C) groups is 1. The summed E-state index contributed by atoms with van der Waals surface area (Å²) < 4.78 is 0. The molecule has 1 aromatic rings. The Balaban J connectivity index is 2.88. The molecule has 0 aromatic heterocycles. The molecule has 0 bridgehead atoms. The predicted molar refractivity (Wildman–Crippen MR) is 77.0 cm³/mol. The fourth-order valence-electron chi connectivity index (χ4n) is 2.25. The van der Waals surface area contributed by atoms with E-state index < -0.39 is 0 Å². The third kappa shape index (κ3) is 3.99. The number of rotatable bonds is 4. The summed E-state index contributed by atoms with van der Waals surface area (Å²) in [6, 6.07) is 6.93. The fourth-order valence-corrected chi connectivity index (χ4v) is 2.25. The maximum atomic E-state index is 4.76. The highest BCUT2D eigenvalue weighted by Gasteiger charge is 2.15. The van der Waals surface area contributed by atoms with Gasteiger partial charge in [0.25, 0.3) is 0 Å². The van der Waals surface area contributed by atoms with Gasteiger partial charge in [0.05, 0.1) is 6.04 Å².